The Bertz CT molecular complexity index is 377. The van der Waals surface area contributed by atoms with E-state index in [0.717, 1.165) is 24.3 Å². The first-order chi connectivity index (χ1) is 7.76. The molecule has 0 aromatic heterocycles. The van der Waals surface area contributed by atoms with Gasteiger partial charge in [0.25, 0.3) is 0 Å². The number of methoxy groups -OCH3 is 2. The van der Waals surface area contributed by atoms with Crippen molar-refractivity contribution in [3.8, 4) is 23.8 Å². The Morgan fingerprint density at radius 1 is 1.25 bits per heavy atom. The minimum Gasteiger partial charge on any atom is -0.493 e. The molecule has 1 rings (SSSR count). The summed E-state index contributed by atoms with van der Waals surface area (Å²) in [7, 11) is 3.28. The zero-order chi connectivity index (χ0) is 12.0. The molecule has 0 radical (unpaired) electrons. The maximum Gasteiger partial charge on any atom is 0.160 e. The number of hydrogen-bond acceptors (Lipinski definition) is 2. The van der Waals surface area contributed by atoms with E-state index < -0.39 is 0 Å². The SMILES string of the molecule is C#CCC(CC)c1ccc(OC)c(OC)c1. The largest absolute Gasteiger partial charge is 0.493 e. The molecule has 1 aromatic rings. The molecular formula is C14H18O2. The third-order valence-electron chi connectivity index (χ3n) is 2.74. The fraction of sp³-hybridized carbons (Fsp3) is 0.429. The fourth-order valence-electron chi connectivity index (χ4n) is 1.75. The van der Waals surface area contributed by atoms with Crippen LogP contribution in [0.1, 0.15) is 31.2 Å². The molecule has 2 heteroatoms. The minimum absolute atomic E-state index is 0.393. The molecule has 0 saturated heterocycles. The van der Waals surface area contributed by atoms with E-state index in [2.05, 4.69) is 12.8 Å². The molecule has 0 heterocycles. The van der Waals surface area contributed by atoms with Crippen molar-refractivity contribution in [2.24, 2.45) is 0 Å². The van der Waals surface area contributed by atoms with Crippen molar-refractivity contribution in [3.05, 3.63) is 23.8 Å². The maximum absolute atomic E-state index is 5.36. The highest BCUT2D eigenvalue weighted by Crippen LogP contribution is 2.32. The fourth-order valence-corrected chi connectivity index (χ4v) is 1.75. The number of benzene rings is 1. The average molecular weight is 218 g/mol. The van der Waals surface area contributed by atoms with E-state index in [9.17, 15) is 0 Å². The zero-order valence-electron chi connectivity index (χ0n) is 10.1. The zero-order valence-corrected chi connectivity index (χ0v) is 10.1. The molecule has 0 aliphatic rings. The monoisotopic (exact) mass is 218 g/mol. The normalized spacial score (nSPS) is 11.6. The Balaban J connectivity index is 3.02. The second-order valence-corrected chi connectivity index (χ2v) is 3.63. The Hall–Kier alpha value is -1.62. The molecule has 0 saturated carbocycles. The van der Waals surface area contributed by atoms with Crippen LogP contribution in [0, 0.1) is 12.3 Å². The van der Waals surface area contributed by atoms with Crippen LogP contribution in [-0.2, 0) is 0 Å². The van der Waals surface area contributed by atoms with Gasteiger partial charge >= 0.3 is 0 Å². The first-order valence-electron chi connectivity index (χ1n) is 5.42. The summed E-state index contributed by atoms with van der Waals surface area (Å²) >= 11 is 0. The van der Waals surface area contributed by atoms with Crippen LogP contribution in [-0.4, -0.2) is 14.2 Å². The molecule has 0 aliphatic carbocycles. The van der Waals surface area contributed by atoms with Crippen molar-refractivity contribution in [1.29, 1.82) is 0 Å². The van der Waals surface area contributed by atoms with Gasteiger partial charge in [0.15, 0.2) is 11.5 Å². The Labute approximate surface area is 97.6 Å². The van der Waals surface area contributed by atoms with Gasteiger partial charge in [-0.2, -0.15) is 0 Å². The van der Waals surface area contributed by atoms with E-state index in [1.165, 1.54) is 5.56 Å². The molecule has 86 valence electrons. The van der Waals surface area contributed by atoms with E-state index in [1.807, 2.05) is 18.2 Å². The summed E-state index contributed by atoms with van der Waals surface area (Å²) in [4.78, 5) is 0. The van der Waals surface area contributed by atoms with Crippen molar-refractivity contribution in [2.45, 2.75) is 25.7 Å². The van der Waals surface area contributed by atoms with E-state index in [-0.39, 0.29) is 0 Å². The second kappa shape index (κ2) is 6.07. The summed E-state index contributed by atoms with van der Waals surface area (Å²) in [5.74, 6) is 4.62. The van der Waals surface area contributed by atoms with Gasteiger partial charge in [-0.1, -0.05) is 13.0 Å². The van der Waals surface area contributed by atoms with Crippen molar-refractivity contribution < 1.29 is 9.47 Å². The van der Waals surface area contributed by atoms with Crippen LogP contribution in [0.3, 0.4) is 0 Å². The van der Waals surface area contributed by atoms with Crippen molar-refractivity contribution >= 4 is 0 Å². The smallest absolute Gasteiger partial charge is 0.160 e. The van der Waals surface area contributed by atoms with Gasteiger partial charge in [-0.3, -0.25) is 0 Å². The molecule has 0 spiro atoms. The Kier molecular flexibility index (Phi) is 4.72. The van der Waals surface area contributed by atoms with Gasteiger partial charge in [-0.05, 0) is 30.0 Å². The third-order valence-corrected chi connectivity index (χ3v) is 2.74. The van der Waals surface area contributed by atoms with Crippen LogP contribution in [0.4, 0.5) is 0 Å². The first kappa shape index (κ1) is 12.4. The van der Waals surface area contributed by atoms with E-state index in [1.54, 1.807) is 14.2 Å². The molecule has 0 aliphatic heterocycles. The Morgan fingerprint density at radius 3 is 2.44 bits per heavy atom. The van der Waals surface area contributed by atoms with Crippen molar-refractivity contribution in [3.63, 3.8) is 0 Å². The van der Waals surface area contributed by atoms with Gasteiger partial charge in [0.2, 0.25) is 0 Å². The number of terminal acetylenes is 1. The lowest BCUT2D eigenvalue weighted by molar-refractivity contribution is 0.354. The molecule has 0 amide bonds. The van der Waals surface area contributed by atoms with Crippen LogP contribution >= 0.6 is 0 Å². The summed E-state index contributed by atoms with van der Waals surface area (Å²) in [6.45, 7) is 2.14. The molecule has 0 bridgehead atoms. The lowest BCUT2D eigenvalue weighted by Crippen LogP contribution is -1.98. The predicted molar refractivity (Wildman–Crippen MR) is 66.0 cm³/mol. The van der Waals surface area contributed by atoms with Crippen LogP contribution in [0.25, 0.3) is 0 Å². The van der Waals surface area contributed by atoms with Crippen molar-refractivity contribution in [1.82, 2.24) is 0 Å². The summed E-state index contributed by atoms with van der Waals surface area (Å²) in [6, 6.07) is 5.98. The van der Waals surface area contributed by atoms with E-state index >= 15 is 0 Å². The lowest BCUT2D eigenvalue weighted by atomic mass is 9.93. The first-order valence-corrected chi connectivity index (χ1v) is 5.42. The molecule has 16 heavy (non-hydrogen) atoms. The van der Waals surface area contributed by atoms with Crippen molar-refractivity contribution in [2.75, 3.05) is 14.2 Å². The standard InChI is InChI=1S/C14H18O2/c1-5-7-11(6-2)12-8-9-13(15-3)14(10-12)16-4/h1,8-11H,6-7H2,2-4H3. The highest BCUT2D eigenvalue weighted by molar-refractivity contribution is 5.44. The van der Waals surface area contributed by atoms with E-state index in [0.29, 0.717) is 5.92 Å². The molecule has 1 aromatic carbocycles. The number of ether oxygens (including phenoxy) is 2. The lowest BCUT2D eigenvalue weighted by Gasteiger charge is -2.15. The topological polar surface area (TPSA) is 18.5 Å². The summed E-state index contributed by atoms with van der Waals surface area (Å²) in [5.41, 5.74) is 1.21. The van der Waals surface area contributed by atoms with Crippen LogP contribution in [0.5, 0.6) is 11.5 Å². The summed E-state index contributed by atoms with van der Waals surface area (Å²) in [5, 5.41) is 0. The third kappa shape index (κ3) is 2.70. The predicted octanol–water partition coefficient (Wildman–Crippen LogP) is 3.22. The van der Waals surface area contributed by atoms with Gasteiger partial charge in [0.1, 0.15) is 0 Å². The van der Waals surface area contributed by atoms with Crippen LogP contribution < -0.4 is 9.47 Å². The van der Waals surface area contributed by atoms with Gasteiger partial charge in [0, 0.05) is 6.42 Å². The number of rotatable bonds is 5. The average Bonchev–Trinajstić information content (AvgIpc) is 2.35. The highest BCUT2D eigenvalue weighted by atomic mass is 16.5. The number of hydrogen-bond donors (Lipinski definition) is 0. The van der Waals surface area contributed by atoms with Crippen LogP contribution in [0.15, 0.2) is 18.2 Å². The van der Waals surface area contributed by atoms with E-state index in [4.69, 9.17) is 15.9 Å². The molecule has 0 fully saturated rings. The van der Waals surface area contributed by atoms with Gasteiger partial charge in [0.05, 0.1) is 14.2 Å². The molecular weight excluding hydrogens is 200 g/mol. The quantitative estimate of drug-likeness (QED) is 0.706. The Morgan fingerprint density at radius 2 is 1.94 bits per heavy atom. The van der Waals surface area contributed by atoms with Crippen LogP contribution in [0.2, 0.25) is 0 Å². The highest BCUT2D eigenvalue weighted by Gasteiger charge is 2.11. The summed E-state index contributed by atoms with van der Waals surface area (Å²) < 4.78 is 10.5. The van der Waals surface area contributed by atoms with Gasteiger partial charge in [-0.25, -0.2) is 0 Å². The second-order valence-electron chi connectivity index (χ2n) is 3.63. The molecule has 1 unspecified atom stereocenters. The molecule has 2 nitrogen and oxygen atoms in total. The molecule has 1 atom stereocenters. The minimum atomic E-state index is 0.393. The van der Waals surface area contributed by atoms with Gasteiger partial charge in [-0.15, -0.1) is 12.3 Å². The maximum atomic E-state index is 5.36. The summed E-state index contributed by atoms with van der Waals surface area (Å²) in [6.07, 6.45) is 7.15. The van der Waals surface area contributed by atoms with Gasteiger partial charge < -0.3 is 9.47 Å². The molecule has 0 N–H and O–H groups in total.